The number of halogens is 1. The second kappa shape index (κ2) is 6.41. The predicted molar refractivity (Wildman–Crippen MR) is 81.9 cm³/mol. The summed E-state index contributed by atoms with van der Waals surface area (Å²) in [6, 6.07) is 6.66. The van der Waals surface area contributed by atoms with Gasteiger partial charge in [0.15, 0.2) is 0 Å². The van der Waals surface area contributed by atoms with Crippen LogP contribution in [0.4, 0.5) is 0 Å². The van der Waals surface area contributed by atoms with Crippen molar-refractivity contribution in [3.05, 3.63) is 46.5 Å². The summed E-state index contributed by atoms with van der Waals surface area (Å²) in [5.41, 5.74) is 2.42. The molecule has 0 saturated heterocycles. The van der Waals surface area contributed by atoms with Crippen molar-refractivity contribution >= 4 is 15.9 Å². The summed E-state index contributed by atoms with van der Waals surface area (Å²) in [6.45, 7) is 1.73. The molecule has 0 radical (unpaired) electrons. The molecule has 0 spiro atoms. The SMILES string of the molecule is Brc1ccc2c(c1)OCCCC2NCCc1cnc[nH]1. The quantitative estimate of drug-likeness (QED) is 0.901. The zero-order valence-corrected chi connectivity index (χ0v) is 12.8. The number of H-pyrrole nitrogens is 1. The van der Waals surface area contributed by atoms with Crippen LogP contribution in [0.3, 0.4) is 0 Å². The van der Waals surface area contributed by atoms with Gasteiger partial charge in [-0.2, -0.15) is 0 Å². The van der Waals surface area contributed by atoms with Crippen LogP contribution in [-0.2, 0) is 6.42 Å². The summed E-state index contributed by atoms with van der Waals surface area (Å²) in [4.78, 5) is 7.17. The number of aromatic nitrogens is 2. The molecule has 0 saturated carbocycles. The van der Waals surface area contributed by atoms with Gasteiger partial charge in [-0.05, 0) is 25.0 Å². The van der Waals surface area contributed by atoms with Gasteiger partial charge in [0.1, 0.15) is 5.75 Å². The van der Waals surface area contributed by atoms with E-state index in [2.05, 4.69) is 49.4 Å². The fraction of sp³-hybridized carbons (Fsp3) is 0.400. The molecule has 1 atom stereocenters. The van der Waals surface area contributed by atoms with Gasteiger partial charge < -0.3 is 15.0 Å². The number of rotatable bonds is 4. The number of hydrogen-bond acceptors (Lipinski definition) is 3. The van der Waals surface area contributed by atoms with Crippen molar-refractivity contribution in [1.29, 1.82) is 0 Å². The lowest BCUT2D eigenvalue weighted by Gasteiger charge is -2.18. The molecular weight excluding hydrogens is 318 g/mol. The summed E-state index contributed by atoms with van der Waals surface area (Å²) < 4.78 is 6.89. The topological polar surface area (TPSA) is 49.9 Å². The molecular formula is C15H18BrN3O. The van der Waals surface area contributed by atoms with Gasteiger partial charge in [0.05, 0.1) is 12.9 Å². The summed E-state index contributed by atoms with van der Waals surface area (Å²) >= 11 is 3.50. The van der Waals surface area contributed by atoms with Crippen molar-refractivity contribution in [3.63, 3.8) is 0 Å². The summed E-state index contributed by atoms with van der Waals surface area (Å²) in [5, 5.41) is 3.63. The zero-order chi connectivity index (χ0) is 13.8. The molecule has 1 aromatic carbocycles. The third-order valence-corrected chi connectivity index (χ3v) is 4.08. The summed E-state index contributed by atoms with van der Waals surface area (Å²) in [6.07, 6.45) is 6.75. The largest absolute Gasteiger partial charge is 0.493 e. The number of aromatic amines is 1. The van der Waals surface area contributed by atoms with Gasteiger partial charge in [0.2, 0.25) is 0 Å². The van der Waals surface area contributed by atoms with Crippen molar-refractivity contribution in [2.45, 2.75) is 25.3 Å². The Kier molecular flexibility index (Phi) is 4.38. The molecule has 0 amide bonds. The third-order valence-electron chi connectivity index (χ3n) is 3.59. The second-order valence-corrected chi connectivity index (χ2v) is 5.92. The number of nitrogens with one attached hydrogen (secondary N) is 2. The van der Waals surface area contributed by atoms with E-state index in [0.29, 0.717) is 6.04 Å². The molecule has 20 heavy (non-hydrogen) atoms. The van der Waals surface area contributed by atoms with Gasteiger partial charge in [0, 0.05) is 40.9 Å². The molecule has 106 valence electrons. The van der Waals surface area contributed by atoms with E-state index in [-0.39, 0.29) is 0 Å². The highest BCUT2D eigenvalue weighted by atomic mass is 79.9. The number of nitrogens with zero attached hydrogens (tertiary/aromatic N) is 1. The van der Waals surface area contributed by atoms with Gasteiger partial charge >= 0.3 is 0 Å². The first-order valence-electron chi connectivity index (χ1n) is 6.96. The molecule has 0 aliphatic carbocycles. The van der Waals surface area contributed by atoms with E-state index >= 15 is 0 Å². The highest BCUT2D eigenvalue weighted by Gasteiger charge is 2.19. The van der Waals surface area contributed by atoms with Gasteiger partial charge in [-0.15, -0.1) is 0 Å². The minimum Gasteiger partial charge on any atom is -0.493 e. The van der Waals surface area contributed by atoms with E-state index in [1.165, 1.54) is 11.3 Å². The fourth-order valence-electron chi connectivity index (χ4n) is 2.56. The molecule has 4 nitrogen and oxygen atoms in total. The van der Waals surface area contributed by atoms with Crippen molar-refractivity contribution in [1.82, 2.24) is 15.3 Å². The molecule has 1 aromatic heterocycles. The van der Waals surface area contributed by atoms with E-state index in [9.17, 15) is 0 Å². The van der Waals surface area contributed by atoms with Crippen LogP contribution >= 0.6 is 15.9 Å². The highest BCUT2D eigenvalue weighted by Crippen LogP contribution is 2.33. The smallest absolute Gasteiger partial charge is 0.125 e. The van der Waals surface area contributed by atoms with Crippen LogP contribution in [0.25, 0.3) is 0 Å². The Labute approximate surface area is 127 Å². The van der Waals surface area contributed by atoms with Gasteiger partial charge in [-0.1, -0.05) is 22.0 Å². The maximum Gasteiger partial charge on any atom is 0.125 e. The maximum absolute atomic E-state index is 5.83. The van der Waals surface area contributed by atoms with Crippen LogP contribution < -0.4 is 10.1 Å². The lowest BCUT2D eigenvalue weighted by molar-refractivity contribution is 0.315. The number of fused-ring (bicyclic) bond motifs is 1. The van der Waals surface area contributed by atoms with Crippen LogP contribution in [0.5, 0.6) is 5.75 Å². The Balaban J connectivity index is 1.67. The Hall–Kier alpha value is -1.33. The minimum atomic E-state index is 0.364. The normalized spacial score (nSPS) is 18.1. The Morgan fingerprint density at radius 3 is 3.25 bits per heavy atom. The van der Waals surface area contributed by atoms with Crippen LogP contribution in [0, 0.1) is 0 Å². The monoisotopic (exact) mass is 335 g/mol. The molecule has 2 N–H and O–H groups in total. The Bertz CT molecular complexity index is 556. The average Bonchev–Trinajstić information content (AvgIpc) is 2.87. The number of hydrogen-bond donors (Lipinski definition) is 2. The second-order valence-electron chi connectivity index (χ2n) is 5.01. The van der Waals surface area contributed by atoms with Crippen LogP contribution in [0.1, 0.15) is 30.1 Å². The molecule has 5 heteroatoms. The molecule has 0 bridgehead atoms. The molecule has 2 aromatic rings. The predicted octanol–water partition coefficient (Wildman–Crippen LogP) is 3.22. The lowest BCUT2D eigenvalue weighted by atomic mass is 10.0. The van der Waals surface area contributed by atoms with Gasteiger partial charge in [-0.25, -0.2) is 4.98 Å². The molecule has 1 unspecified atom stereocenters. The van der Waals surface area contributed by atoms with E-state index in [4.69, 9.17) is 4.74 Å². The minimum absolute atomic E-state index is 0.364. The zero-order valence-electron chi connectivity index (χ0n) is 11.2. The van der Waals surface area contributed by atoms with Crippen LogP contribution in [0.2, 0.25) is 0 Å². The molecule has 2 heterocycles. The molecule has 1 aliphatic rings. The Morgan fingerprint density at radius 1 is 1.45 bits per heavy atom. The molecule has 1 aliphatic heterocycles. The standard InChI is InChI=1S/C15H18BrN3O/c16-11-3-4-13-14(2-1-7-20-15(13)8-11)18-6-5-12-9-17-10-19-12/h3-4,8-10,14,18H,1-2,5-7H2,(H,17,19). The maximum atomic E-state index is 5.83. The number of imidazole rings is 1. The number of ether oxygens (including phenoxy) is 1. The Morgan fingerprint density at radius 2 is 2.40 bits per heavy atom. The fourth-order valence-corrected chi connectivity index (χ4v) is 2.90. The summed E-state index contributed by atoms with van der Waals surface area (Å²) in [7, 11) is 0. The highest BCUT2D eigenvalue weighted by molar-refractivity contribution is 9.10. The van der Waals surface area contributed by atoms with E-state index in [1.54, 1.807) is 6.33 Å². The summed E-state index contributed by atoms with van der Waals surface area (Å²) in [5.74, 6) is 0.996. The van der Waals surface area contributed by atoms with Crippen molar-refractivity contribution in [2.24, 2.45) is 0 Å². The lowest BCUT2D eigenvalue weighted by Crippen LogP contribution is -2.23. The van der Waals surface area contributed by atoms with Crippen molar-refractivity contribution in [3.8, 4) is 5.75 Å². The number of benzene rings is 1. The van der Waals surface area contributed by atoms with E-state index < -0.39 is 0 Å². The first-order valence-corrected chi connectivity index (χ1v) is 7.75. The van der Waals surface area contributed by atoms with E-state index in [0.717, 1.165) is 42.6 Å². The first kappa shape index (κ1) is 13.6. The van der Waals surface area contributed by atoms with Crippen molar-refractivity contribution in [2.75, 3.05) is 13.2 Å². The van der Waals surface area contributed by atoms with Gasteiger partial charge in [-0.3, -0.25) is 0 Å². The van der Waals surface area contributed by atoms with Crippen LogP contribution in [-0.4, -0.2) is 23.1 Å². The third kappa shape index (κ3) is 3.22. The first-order chi connectivity index (χ1) is 9.83. The molecule has 0 fully saturated rings. The van der Waals surface area contributed by atoms with E-state index in [1.807, 2.05) is 6.20 Å². The average molecular weight is 336 g/mol. The molecule has 3 rings (SSSR count). The van der Waals surface area contributed by atoms with Crippen molar-refractivity contribution < 1.29 is 4.74 Å². The van der Waals surface area contributed by atoms with Crippen LogP contribution in [0.15, 0.2) is 35.2 Å². The van der Waals surface area contributed by atoms with Gasteiger partial charge in [0.25, 0.3) is 0 Å².